The Hall–Kier alpha value is -4.08. The van der Waals surface area contributed by atoms with Crippen LogP contribution in [0.3, 0.4) is 0 Å². The number of benzene rings is 3. The van der Waals surface area contributed by atoms with Crippen LogP contribution in [0.5, 0.6) is 17.2 Å². The van der Waals surface area contributed by atoms with E-state index in [2.05, 4.69) is 30.0 Å². The van der Waals surface area contributed by atoms with Gasteiger partial charge in [-0.2, -0.15) is 15.1 Å². The zero-order valence-corrected chi connectivity index (χ0v) is 24.5. The highest BCUT2D eigenvalue weighted by atomic mass is 35.5. The Bertz CT molecular complexity index is 1600. The van der Waals surface area contributed by atoms with Gasteiger partial charge in [-0.05, 0) is 85.1 Å². The number of halogens is 1. The monoisotopic (exact) mass is 588 g/mol. The summed E-state index contributed by atoms with van der Waals surface area (Å²) in [6.07, 6.45) is 2.55. The predicted octanol–water partition coefficient (Wildman–Crippen LogP) is 6.73. The predicted molar refractivity (Wildman–Crippen MR) is 165 cm³/mol. The summed E-state index contributed by atoms with van der Waals surface area (Å²) in [6.45, 7) is 7.19. The Balaban J connectivity index is 1.29. The number of hydrogen-bond donors (Lipinski definition) is 1. The van der Waals surface area contributed by atoms with Gasteiger partial charge >= 0.3 is 0 Å². The Morgan fingerprint density at radius 3 is 2.59 bits per heavy atom. The highest BCUT2D eigenvalue weighted by molar-refractivity contribution is 8.27. The summed E-state index contributed by atoms with van der Waals surface area (Å²) in [5.74, 6) is 1.34. The number of amidine groups is 2. The molecule has 2 heterocycles. The van der Waals surface area contributed by atoms with Crippen molar-refractivity contribution in [3.8, 4) is 17.2 Å². The van der Waals surface area contributed by atoms with Crippen LogP contribution in [0.25, 0.3) is 6.08 Å². The first kappa shape index (κ1) is 28.4. The molecule has 41 heavy (non-hydrogen) atoms. The van der Waals surface area contributed by atoms with Crippen molar-refractivity contribution in [2.75, 3.05) is 19.8 Å². The number of thioether (sulfide) groups is 1. The molecule has 3 aromatic rings. The van der Waals surface area contributed by atoms with Crippen molar-refractivity contribution < 1.29 is 19.0 Å². The molecule has 10 heteroatoms. The fraction of sp³-hybridized carbons (Fsp3) is 0.226. The summed E-state index contributed by atoms with van der Waals surface area (Å²) in [4.78, 5) is 17.1. The Morgan fingerprint density at radius 2 is 1.80 bits per heavy atom. The number of hydrazone groups is 1. The molecule has 1 N–H and O–H groups in total. The van der Waals surface area contributed by atoms with E-state index >= 15 is 0 Å². The largest absolute Gasteiger partial charge is 0.490 e. The molecular formula is C31H29ClN4O4S. The third-order valence-electron chi connectivity index (χ3n) is 6.27. The van der Waals surface area contributed by atoms with Crippen LogP contribution in [0.4, 0.5) is 0 Å². The van der Waals surface area contributed by atoms with Gasteiger partial charge in [-0.15, -0.1) is 0 Å². The van der Waals surface area contributed by atoms with Crippen LogP contribution in [0.2, 0.25) is 5.02 Å². The molecule has 0 atom stereocenters. The summed E-state index contributed by atoms with van der Waals surface area (Å²) in [5.41, 5.74) is 3.89. The van der Waals surface area contributed by atoms with Gasteiger partial charge in [0.05, 0.1) is 17.2 Å². The van der Waals surface area contributed by atoms with Gasteiger partial charge < -0.3 is 14.2 Å². The minimum Gasteiger partial charge on any atom is -0.490 e. The first-order valence-electron chi connectivity index (χ1n) is 13.2. The van der Waals surface area contributed by atoms with Crippen molar-refractivity contribution in [2.45, 2.75) is 27.2 Å². The SMILES string of the molecule is CCOc1cc(/C=C2\C(=N)N3N=C(c4ccccc4Cl)SC3=NC2=O)ccc1OCCOc1cc(C)cc(CC)c1. The fourth-order valence-electron chi connectivity index (χ4n) is 4.33. The van der Waals surface area contributed by atoms with E-state index in [-0.39, 0.29) is 11.4 Å². The molecule has 5 rings (SSSR count). The van der Waals surface area contributed by atoms with Gasteiger partial charge in [-0.25, -0.2) is 0 Å². The quantitative estimate of drug-likeness (QED) is 0.208. The normalized spacial score (nSPS) is 15.5. The molecule has 2 aliphatic heterocycles. The number of aryl methyl sites for hydroxylation is 2. The van der Waals surface area contributed by atoms with Crippen LogP contribution in [0.15, 0.2) is 76.3 Å². The minimum absolute atomic E-state index is 0.0626. The van der Waals surface area contributed by atoms with Crippen LogP contribution in [0.1, 0.15) is 36.1 Å². The van der Waals surface area contributed by atoms with Crippen molar-refractivity contribution in [1.82, 2.24) is 5.01 Å². The van der Waals surface area contributed by atoms with Gasteiger partial charge in [-0.1, -0.05) is 48.9 Å². The number of hydrogen-bond acceptors (Lipinski definition) is 7. The number of carbonyl (C=O) groups is 1. The second-order valence-corrected chi connectivity index (χ2v) is 10.6. The molecule has 2 aliphatic rings. The van der Waals surface area contributed by atoms with Crippen LogP contribution in [-0.2, 0) is 11.2 Å². The number of carbonyl (C=O) groups excluding carboxylic acids is 1. The second kappa shape index (κ2) is 12.6. The number of amides is 1. The topological polar surface area (TPSA) is 96.6 Å². The maximum Gasteiger partial charge on any atom is 0.283 e. The van der Waals surface area contributed by atoms with Crippen molar-refractivity contribution in [1.29, 1.82) is 5.41 Å². The molecule has 3 aromatic carbocycles. The van der Waals surface area contributed by atoms with Crippen LogP contribution < -0.4 is 14.2 Å². The highest BCUT2D eigenvalue weighted by Crippen LogP contribution is 2.34. The van der Waals surface area contributed by atoms with Crippen molar-refractivity contribution in [2.24, 2.45) is 10.1 Å². The van der Waals surface area contributed by atoms with Crippen LogP contribution >= 0.6 is 23.4 Å². The number of fused-ring (bicyclic) bond motifs is 1. The van der Waals surface area contributed by atoms with Gasteiger partial charge in [0, 0.05) is 5.56 Å². The van der Waals surface area contributed by atoms with E-state index < -0.39 is 5.91 Å². The molecule has 0 aliphatic carbocycles. The average molecular weight is 589 g/mol. The molecule has 0 saturated heterocycles. The van der Waals surface area contributed by atoms with Gasteiger partial charge in [0.25, 0.3) is 5.91 Å². The first-order chi connectivity index (χ1) is 19.9. The third-order valence-corrected chi connectivity index (χ3v) is 7.54. The van der Waals surface area contributed by atoms with E-state index in [9.17, 15) is 4.79 Å². The number of nitrogens with zero attached hydrogens (tertiary/aromatic N) is 3. The van der Waals surface area contributed by atoms with Crippen LogP contribution in [0, 0.1) is 12.3 Å². The molecule has 0 saturated carbocycles. The number of aliphatic imine (C=N–C) groups is 1. The molecule has 1 amide bonds. The standard InChI is InChI=1S/C31H29ClN4O4S/c1-4-20-14-19(3)15-22(16-20)39-12-13-40-26-11-10-21(18-27(26)38-5-2)17-24-28(33)36-31(34-29(24)37)41-30(35-36)23-8-6-7-9-25(23)32/h6-11,14-18,33H,4-5,12-13H2,1-3H3/b24-17+,33-28?. The summed E-state index contributed by atoms with van der Waals surface area (Å²) >= 11 is 7.53. The Labute approximate surface area is 248 Å². The van der Waals surface area contributed by atoms with Crippen molar-refractivity contribution in [3.63, 3.8) is 0 Å². The van der Waals surface area contributed by atoms with E-state index in [1.165, 1.54) is 22.3 Å². The van der Waals surface area contributed by atoms with E-state index in [4.69, 9.17) is 31.2 Å². The van der Waals surface area contributed by atoms with E-state index in [0.29, 0.717) is 57.7 Å². The molecule has 0 bridgehead atoms. The molecule has 0 unspecified atom stereocenters. The zero-order valence-electron chi connectivity index (χ0n) is 22.9. The molecule has 0 aromatic heterocycles. The maximum absolute atomic E-state index is 12.9. The lowest BCUT2D eigenvalue weighted by Gasteiger charge is -2.20. The Morgan fingerprint density at radius 1 is 1.00 bits per heavy atom. The molecule has 0 fully saturated rings. The zero-order chi connectivity index (χ0) is 28.9. The summed E-state index contributed by atoms with van der Waals surface area (Å²) in [5, 5.41) is 16.0. The van der Waals surface area contributed by atoms with Gasteiger partial charge in [0.1, 0.15) is 24.0 Å². The molecule has 8 nitrogen and oxygen atoms in total. The summed E-state index contributed by atoms with van der Waals surface area (Å²) in [7, 11) is 0. The summed E-state index contributed by atoms with van der Waals surface area (Å²) in [6, 6.07) is 18.9. The second-order valence-electron chi connectivity index (χ2n) is 9.25. The smallest absolute Gasteiger partial charge is 0.283 e. The van der Waals surface area contributed by atoms with Crippen molar-refractivity contribution >= 4 is 51.4 Å². The number of nitrogens with one attached hydrogen (secondary N) is 1. The molecule has 0 spiro atoms. The van der Waals surface area contributed by atoms with Crippen molar-refractivity contribution in [3.05, 3.63) is 93.5 Å². The van der Waals surface area contributed by atoms with Crippen LogP contribution in [-0.4, -0.2) is 46.8 Å². The van der Waals surface area contributed by atoms with E-state index in [1.54, 1.807) is 30.3 Å². The van der Waals surface area contributed by atoms with E-state index in [0.717, 1.165) is 17.7 Å². The lowest BCUT2D eigenvalue weighted by atomic mass is 10.1. The maximum atomic E-state index is 12.9. The highest BCUT2D eigenvalue weighted by Gasteiger charge is 2.36. The summed E-state index contributed by atoms with van der Waals surface area (Å²) < 4.78 is 17.7. The molecule has 0 radical (unpaired) electrons. The van der Waals surface area contributed by atoms with Gasteiger partial charge in [0.2, 0.25) is 5.17 Å². The lowest BCUT2D eigenvalue weighted by Crippen LogP contribution is -2.35. The van der Waals surface area contributed by atoms with Gasteiger partial charge in [0.15, 0.2) is 17.3 Å². The fourth-order valence-corrected chi connectivity index (χ4v) is 5.54. The number of ether oxygens (including phenoxy) is 3. The lowest BCUT2D eigenvalue weighted by molar-refractivity contribution is -0.114. The number of rotatable bonds is 10. The van der Waals surface area contributed by atoms with Gasteiger partial charge in [-0.3, -0.25) is 10.2 Å². The average Bonchev–Trinajstić information content (AvgIpc) is 3.38. The molecular weight excluding hydrogens is 560 g/mol. The minimum atomic E-state index is -0.512. The third kappa shape index (κ3) is 6.47. The van der Waals surface area contributed by atoms with E-state index in [1.807, 2.05) is 37.3 Å². The molecule has 210 valence electrons. The first-order valence-corrected chi connectivity index (χ1v) is 14.4. The Kier molecular flexibility index (Phi) is 8.75.